The Morgan fingerprint density at radius 2 is 1.95 bits per heavy atom. The molecule has 0 aliphatic rings. The summed E-state index contributed by atoms with van der Waals surface area (Å²) in [5.74, 6) is 0.103. The zero-order chi connectivity index (χ0) is 15.4. The predicted octanol–water partition coefficient (Wildman–Crippen LogP) is 3.34. The fraction of sp³-hybridized carbons (Fsp3) is 0.357. The number of carbonyl (C=O) groups is 2. The third-order valence-corrected chi connectivity index (χ3v) is 4.29. The molecule has 1 amide bonds. The molecule has 0 aliphatic carbocycles. The second-order valence-corrected chi connectivity index (χ2v) is 6.18. The predicted molar refractivity (Wildman–Crippen MR) is 86.4 cm³/mol. The van der Waals surface area contributed by atoms with Gasteiger partial charge in [0.2, 0.25) is 11.8 Å². The van der Waals surface area contributed by atoms with Gasteiger partial charge in [-0.2, -0.15) is 0 Å². The summed E-state index contributed by atoms with van der Waals surface area (Å²) in [5, 5.41) is 0.797. The average molecular weight is 345 g/mol. The Hall–Kier alpha value is -1.17. The molecule has 0 fully saturated rings. The maximum absolute atomic E-state index is 12.1. The van der Waals surface area contributed by atoms with Crippen LogP contribution in [0.5, 0.6) is 0 Å². The van der Waals surface area contributed by atoms with E-state index in [4.69, 9.17) is 23.2 Å². The van der Waals surface area contributed by atoms with Crippen LogP contribution in [0.15, 0.2) is 23.2 Å². The van der Waals surface area contributed by atoms with Crippen molar-refractivity contribution in [1.82, 2.24) is 3.96 Å². The quantitative estimate of drug-likeness (QED) is 0.798. The van der Waals surface area contributed by atoms with Gasteiger partial charge in [-0.25, -0.2) is 8.95 Å². The number of nitrogens with zero attached hydrogens (tertiary/aromatic N) is 2. The highest BCUT2D eigenvalue weighted by atomic mass is 35.5. The van der Waals surface area contributed by atoms with Gasteiger partial charge < -0.3 is 0 Å². The monoisotopic (exact) mass is 344 g/mol. The lowest BCUT2D eigenvalue weighted by atomic mass is 10.2. The lowest BCUT2D eigenvalue weighted by Crippen LogP contribution is -2.08. The van der Waals surface area contributed by atoms with Gasteiger partial charge in [0.1, 0.15) is 4.67 Å². The van der Waals surface area contributed by atoms with E-state index in [1.807, 2.05) is 25.1 Å². The van der Waals surface area contributed by atoms with Gasteiger partial charge >= 0.3 is 0 Å². The SMILES string of the molecule is Cc1ccc2c(c1)c(=NC(=O)CCCl)sn2C(=O)CCCl. The molecule has 7 heteroatoms. The van der Waals surface area contributed by atoms with Crippen LogP contribution in [0.1, 0.15) is 23.2 Å². The molecule has 4 nitrogen and oxygen atoms in total. The van der Waals surface area contributed by atoms with E-state index < -0.39 is 0 Å². The summed E-state index contributed by atoms with van der Waals surface area (Å²) >= 11 is 12.3. The molecule has 2 aromatic rings. The van der Waals surface area contributed by atoms with Crippen molar-refractivity contribution in [3.63, 3.8) is 0 Å². The number of amides is 1. The van der Waals surface area contributed by atoms with Crippen LogP contribution in [0.2, 0.25) is 0 Å². The van der Waals surface area contributed by atoms with Crippen LogP contribution in [-0.4, -0.2) is 27.5 Å². The first kappa shape index (κ1) is 16.2. The van der Waals surface area contributed by atoms with Crippen LogP contribution in [0, 0.1) is 6.92 Å². The van der Waals surface area contributed by atoms with Crippen LogP contribution >= 0.6 is 34.7 Å². The first-order valence-electron chi connectivity index (χ1n) is 6.42. The van der Waals surface area contributed by atoms with Gasteiger partial charge in [0.05, 0.1) is 5.52 Å². The molecule has 0 bridgehead atoms. The Labute approximate surface area is 136 Å². The maximum Gasteiger partial charge on any atom is 0.248 e. The number of fused-ring (bicyclic) bond motifs is 1. The van der Waals surface area contributed by atoms with Crippen molar-refractivity contribution in [3.8, 4) is 0 Å². The van der Waals surface area contributed by atoms with Crippen molar-refractivity contribution in [2.45, 2.75) is 19.8 Å². The number of aryl methyl sites for hydroxylation is 1. The lowest BCUT2D eigenvalue weighted by Gasteiger charge is -2.00. The molecule has 2 rings (SSSR count). The first-order valence-corrected chi connectivity index (χ1v) is 8.26. The molecule has 0 atom stereocenters. The highest BCUT2D eigenvalue weighted by Crippen LogP contribution is 2.17. The van der Waals surface area contributed by atoms with E-state index in [1.165, 1.54) is 0 Å². The lowest BCUT2D eigenvalue weighted by molar-refractivity contribution is -0.117. The van der Waals surface area contributed by atoms with Gasteiger partial charge in [0.25, 0.3) is 0 Å². The highest BCUT2D eigenvalue weighted by Gasteiger charge is 2.13. The number of carbonyl (C=O) groups excluding carboxylic acids is 2. The number of alkyl halides is 2. The zero-order valence-corrected chi connectivity index (χ0v) is 13.8. The third kappa shape index (κ3) is 3.73. The topological polar surface area (TPSA) is 51.4 Å². The molecule has 1 aromatic carbocycles. The molecule has 1 heterocycles. The van der Waals surface area contributed by atoms with Gasteiger partial charge in [-0.15, -0.1) is 23.2 Å². The van der Waals surface area contributed by atoms with E-state index in [1.54, 1.807) is 3.96 Å². The second-order valence-electron chi connectivity index (χ2n) is 4.49. The molecular formula is C14H14Cl2N2O2S. The van der Waals surface area contributed by atoms with E-state index in [0.29, 0.717) is 4.67 Å². The van der Waals surface area contributed by atoms with Gasteiger partial charge in [0, 0.05) is 30.0 Å². The zero-order valence-electron chi connectivity index (χ0n) is 11.4. The van der Waals surface area contributed by atoms with Crippen LogP contribution in [0.3, 0.4) is 0 Å². The van der Waals surface area contributed by atoms with E-state index in [-0.39, 0.29) is 36.4 Å². The summed E-state index contributed by atoms with van der Waals surface area (Å²) in [6.45, 7) is 1.95. The van der Waals surface area contributed by atoms with E-state index >= 15 is 0 Å². The van der Waals surface area contributed by atoms with E-state index in [2.05, 4.69) is 4.99 Å². The molecule has 0 radical (unpaired) electrons. The summed E-state index contributed by atoms with van der Waals surface area (Å²) in [4.78, 5) is 27.9. The Balaban J connectivity index is 2.63. The number of benzene rings is 1. The van der Waals surface area contributed by atoms with Gasteiger partial charge in [0.15, 0.2) is 0 Å². The van der Waals surface area contributed by atoms with E-state index in [9.17, 15) is 9.59 Å². The standard InChI is InChI=1S/C14H14Cl2N2O2S/c1-9-2-3-11-10(8-9)14(17-12(19)4-6-15)21-18(11)13(20)5-7-16/h2-3,8H,4-7H2,1H3. The number of hydrogen-bond donors (Lipinski definition) is 0. The van der Waals surface area contributed by atoms with Gasteiger partial charge in [-0.1, -0.05) is 11.6 Å². The van der Waals surface area contributed by atoms with Crippen LogP contribution in [-0.2, 0) is 4.79 Å². The molecule has 0 aliphatic heterocycles. The largest absolute Gasteiger partial charge is 0.273 e. The van der Waals surface area contributed by atoms with Gasteiger partial charge in [-0.3, -0.25) is 9.59 Å². The molecule has 0 saturated carbocycles. The summed E-state index contributed by atoms with van der Waals surface area (Å²) in [6.07, 6.45) is 0.424. The van der Waals surface area contributed by atoms with Crippen molar-refractivity contribution >= 4 is 57.5 Å². The smallest absolute Gasteiger partial charge is 0.248 e. The van der Waals surface area contributed by atoms with Crippen molar-refractivity contribution < 1.29 is 9.59 Å². The van der Waals surface area contributed by atoms with Crippen molar-refractivity contribution in [2.24, 2.45) is 4.99 Å². The molecule has 0 saturated heterocycles. The Bertz CT molecular complexity index is 749. The molecule has 1 aromatic heterocycles. The summed E-state index contributed by atoms with van der Waals surface area (Å²) in [7, 11) is 0. The Kier molecular flexibility index (Phi) is 5.56. The Morgan fingerprint density at radius 3 is 2.62 bits per heavy atom. The normalized spacial score (nSPS) is 12.0. The van der Waals surface area contributed by atoms with Crippen molar-refractivity contribution in [2.75, 3.05) is 11.8 Å². The van der Waals surface area contributed by atoms with E-state index in [0.717, 1.165) is 28.0 Å². The summed E-state index contributed by atoms with van der Waals surface area (Å²) < 4.78 is 2.08. The second kappa shape index (κ2) is 7.20. The van der Waals surface area contributed by atoms with Crippen LogP contribution in [0.25, 0.3) is 10.9 Å². The first-order chi connectivity index (χ1) is 10.1. The molecule has 112 valence electrons. The maximum atomic E-state index is 12.1. The number of rotatable bonds is 4. The number of hydrogen-bond acceptors (Lipinski definition) is 3. The molecule has 0 unspecified atom stereocenters. The average Bonchev–Trinajstić information content (AvgIpc) is 2.77. The number of halogens is 2. The molecule has 0 spiro atoms. The van der Waals surface area contributed by atoms with Crippen LogP contribution < -0.4 is 4.67 Å². The van der Waals surface area contributed by atoms with Gasteiger partial charge in [-0.05, 0) is 30.6 Å². The minimum Gasteiger partial charge on any atom is -0.273 e. The molecular weight excluding hydrogens is 331 g/mol. The molecule has 0 N–H and O–H groups in total. The van der Waals surface area contributed by atoms with Crippen molar-refractivity contribution in [1.29, 1.82) is 0 Å². The van der Waals surface area contributed by atoms with Crippen molar-refractivity contribution in [3.05, 3.63) is 28.4 Å². The highest BCUT2D eigenvalue weighted by molar-refractivity contribution is 7.06. The summed E-state index contributed by atoms with van der Waals surface area (Å²) in [6, 6.07) is 5.70. The van der Waals surface area contributed by atoms with Crippen LogP contribution in [0.4, 0.5) is 0 Å². The minimum absolute atomic E-state index is 0.102. The molecule has 21 heavy (non-hydrogen) atoms. The fourth-order valence-electron chi connectivity index (χ4n) is 1.88. The minimum atomic E-state index is -0.286. The third-order valence-electron chi connectivity index (χ3n) is 2.85. The number of aromatic nitrogens is 1. The summed E-state index contributed by atoms with van der Waals surface area (Å²) in [5.41, 5.74) is 1.79. The Morgan fingerprint density at radius 1 is 1.24 bits per heavy atom. The fourth-order valence-corrected chi connectivity index (χ4v) is 3.23.